The zero-order valence-electron chi connectivity index (χ0n) is 12.2. The molecule has 0 aliphatic carbocycles. The molecule has 0 bridgehead atoms. The first-order valence-corrected chi connectivity index (χ1v) is 6.88. The van der Waals surface area contributed by atoms with Crippen LogP contribution in [0.15, 0.2) is 0 Å². The minimum Gasteiger partial charge on any atom is -0.480 e. The van der Waals surface area contributed by atoms with Crippen molar-refractivity contribution in [1.29, 1.82) is 0 Å². The molecule has 10 heteroatoms. The number of carbonyl (C=O) groups excluding carboxylic acids is 2. The number of unbranched alkanes of at least 4 members (excludes halogenated alkanes) is 1. The molecule has 0 radical (unpaired) electrons. The number of aliphatic hydroxyl groups is 2. The lowest BCUT2D eigenvalue weighted by atomic mass is 10.1. The molecule has 9 N–H and O–H groups in total. The summed E-state index contributed by atoms with van der Waals surface area (Å²) in [5, 5.41) is 30.9. The molecular formula is C12H24N4O6. The highest BCUT2D eigenvalue weighted by Crippen LogP contribution is 1.99. The van der Waals surface area contributed by atoms with E-state index in [1.165, 1.54) is 0 Å². The van der Waals surface area contributed by atoms with E-state index in [0.717, 1.165) is 0 Å². The maximum atomic E-state index is 11.8. The highest BCUT2D eigenvalue weighted by molar-refractivity contribution is 5.91. The van der Waals surface area contributed by atoms with Crippen molar-refractivity contribution < 1.29 is 29.7 Å². The summed E-state index contributed by atoms with van der Waals surface area (Å²) >= 11 is 0. The van der Waals surface area contributed by atoms with Gasteiger partial charge >= 0.3 is 5.97 Å². The molecule has 0 heterocycles. The Kier molecular flexibility index (Phi) is 10.0. The second-order valence-electron chi connectivity index (χ2n) is 4.72. The number of hydrogen-bond donors (Lipinski definition) is 7. The van der Waals surface area contributed by atoms with Crippen LogP contribution in [0.25, 0.3) is 0 Å². The zero-order chi connectivity index (χ0) is 17.1. The van der Waals surface area contributed by atoms with E-state index in [-0.39, 0.29) is 0 Å². The summed E-state index contributed by atoms with van der Waals surface area (Å²) in [6.45, 7) is -1.07. The Labute approximate surface area is 127 Å². The van der Waals surface area contributed by atoms with Gasteiger partial charge in [0.1, 0.15) is 12.1 Å². The zero-order valence-corrected chi connectivity index (χ0v) is 12.2. The molecule has 0 rings (SSSR count). The van der Waals surface area contributed by atoms with Crippen molar-refractivity contribution in [3.63, 3.8) is 0 Å². The van der Waals surface area contributed by atoms with Gasteiger partial charge in [-0.2, -0.15) is 0 Å². The fourth-order valence-corrected chi connectivity index (χ4v) is 1.57. The first-order valence-electron chi connectivity index (χ1n) is 6.88. The van der Waals surface area contributed by atoms with Crippen molar-refractivity contribution >= 4 is 17.8 Å². The number of carboxylic acids is 1. The summed E-state index contributed by atoms with van der Waals surface area (Å²) in [6, 6.07) is -3.72. The molecule has 0 aliphatic heterocycles. The molecule has 3 atom stereocenters. The largest absolute Gasteiger partial charge is 0.480 e. The molecule has 3 unspecified atom stereocenters. The van der Waals surface area contributed by atoms with Crippen molar-refractivity contribution in [2.45, 2.75) is 37.4 Å². The normalized spacial score (nSPS) is 14.7. The molecule has 0 aromatic heterocycles. The second kappa shape index (κ2) is 10.9. The molecule has 0 spiro atoms. The number of nitrogens with two attached hydrogens (primary N) is 2. The van der Waals surface area contributed by atoms with E-state index in [4.69, 9.17) is 26.8 Å². The summed E-state index contributed by atoms with van der Waals surface area (Å²) in [5.74, 6) is -2.99. The molecule has 0 fully saturated rings. The number of carboxylic acid groups (broad SMARTS) is 1. The van der Waals surface area contributed by atoms with Crippen molar-refractivity contribution in [2.75, 3.05) is 19.8 Å². The van der Waals surface area contributed by atoms with E-state index in [9.17, 15) is 14.4 Å². The maximum Gasteiger partial charge on any atom is 0.328 e. The van der Waals surface area contributed by atoms with E-state index in [1.54, 1.807) is 0 Å². The molecule has 0 aromatic carbocycles. The highest BCUT2D eigenvalue weighted by atomic mass is 16.4. The van der Waals surface area contributed by atoms with Crippen molar-refractivity contribution in [3.05, 3.63) is 0 Å². The Morgan fingerprint density at radius 3 is 1.95 bits per heavy atom. The topological polar surface area (TPSA) is 188 Å². The smallest absolute Gasteiger partial charge is 0.328 e. The van der Waals surface area contributed by atoms with Gasteiger partial charge < -0.3 is 37.4 Å². The number of amides is 2. The minimum atomic E-state index is -1.52. The number of rotatable bonds is 11. The van der Waals surface area contributed by atoms with Gasteiger partial charge in [-0.3, -0.25) is 9.59 Å². The van der Waals surface area contributed by atoms with Gasteiger partial charge in [0.05, 0.1) is 19.3 Å². The van der Waals surface area contributed by atoms with Crippen LogP contribution in [0, 0.1) is 0 Å². The molecule has 10 nitrogen and oxygen atoms in total. The van der Waals surface area contributed by atoms with Gasteiger partial charge in [-0.1, -0.05) is 6.42 Å². The molecule has 128 valence electrons. The molecule has 0 saturated carbocycles. The van der Waals surface area contributed by atoms with Gasteiger partial charge in [-0.25, -0.2) is 4.79 Å². The van der Waals surface area contributed by atoms with Crippen molar-refractivity contribution in [2.24, 2.45) is 11.5 Å². The maximum absolute atomic E-state index is 11.8. The standard InChI is InChI=1S/C12H24N4O6/c13-4-2-1-3-7(14)10(19)15-8(5-17)11(20)16-9(6-18)12(21)22/h7-9,17-18H,1-6,13-14H2,(H,15,19)(H,16,20)(H,21,22). The summed E-state index contributed by atoms with van der Waals surface area (Å²) < 4.78 is 0. The van der Waals surface area contributed by atoms with Crippen molar-refractivity contribution in [3.8, 4) is 0 Å². The van der Waals surface area contributed by atoms with Gasteiger partial charge in [0.25, 0.3) is 0 Å². The van der Waals surface area contributed by atoms with E-state index in [1.807, 2.05) is 5.32 Å². The van der Waals surface area contributed by atoms with E-state index in [0.29, 0.717) is 25.8 Å². The molecular weight excluding hydrogens is 296 g/mol. The molecule has 2 amide bonds. The Hall–Kier alpha value is -1.75. The number of carbonyl (C=O) groups is 3. The molecule has 0 saturated heterocycles. The predicted molar refractivity (Wildman–Crippen MR) is 76.5 cm³/mol. The van der Waals surface area contributed by atoms with Crippen LogP contribution in [0.2, 0.25) is 0 Å². The summed E-state index contributed by atoms with van der Waals surface area (Å²) in [6.07, 6.45) is 1.73. The van der Waals surface area contributed by atoms with Gasteiger partial charge in [0.15, 0.2) is 0 Å². The van der Waals surface area contributed by atoms with Crippen LogP contribution in [-0.2, 0) is 14.4 Å². The van der Waals surface area contributed by atoms with E-state index < -0.39 is 49.1 Å². The first-order chi connectivity index (χ1) is 10.4. The van der Waals surface area contributed by atoms with Gasteiger partial charge in [-0.15, -0.1) is 0 Å². The minimum absolute atomic E-state index is 0.372. The Balaban J connectivity index is 4.47. The van der Waals surface area contributed by atoms with Crippen LogP contribution in [0.1, 0.15) is 19.3 Å². The summed E-state index contributed by atoms with van der Waals surface area (Å²) in [7, 11) is 0. The second-order valence-corrected chi connectivity index (χ2v) is 4.72. The first kappa shape index (κ1) is 20.2. The summed E-state index contributed by atoms with van der Waals surface area (Å²) in [4.78, 5) is 34.2. The monoisotopic (exact) mass is 320 g/mol. The molecule has 0 aromatic rings. The van der Waals surface area contributed by atoms with E-state index in [2.05, 4.69) is 5.32 Å². The summed E-state index contributed by atoms with van der Waals surface area (Å²) in [5.41, 5.74) is 11.0. The Bertz CT molecular complexity index is 379. The third-order valence-electron chi connectivity index (χ3n) is 2.92. The number of aliphatic hydroxyl groups excluding tert-OH is 2. The van der Waals surface area contributed by atoms with Crippen LogP contribution in [-0.4, -0.2) is 71.0 Å². The van der Waals surface area contributed by atoms with Crippen LogP contribution in [0.3, 0.4) is 0 Å². The van der Waals surface area contributed by atoms with Gasteiger partial charge in [0, 0.05) is 0 Å². The predicted octanol–water partition coefficient (Wildman–Crippen LogP) is -3.52. The van der Waals surface area contributed by atoms with Crippen molar-refractivity contribution in [1.82, 2.24) is 10.6 Å². The third kappa shape index (κ3) is 7.31. The molecule has 22 heavy (non-hydrogen) atoms. The quantitative estimate of drug-likeness (QED) is 0.191. The number of nitrogens with one attached hydrogen (secondary N) is 2. The average Bonchev–Trinajstić information content (AvgIpc) is 2.49. The van der Waals surface area contributed by atoms with Crippen LogP contribution in [0.5, 0.6) is 0 Å². The van der Waals surface area contributed by atoms with Crippen LogP contribution >= 0.6 is 0 Å². The Morgan fingerprint density at radius 1 is 0.955 bits per heavy atom. The highest BCUT2D eigenvalue weighted by Gasteiger charge is 2.26. The van der Waals surface area contributed by atoms with E-state index >= 15 is 0 Å². The lowest BCUT2D eigenvalue weighted by molar-refractivity contribution is -0.143. The van der Waals surface area contributed by atoms with Gasteiger partial charge in [-0.05, 0) is 19.4 Å². The van der Waals surface area contributed by atoms with Crippen LogP contribution in [0.4, 0.5) is 0 Å². The van der Waals surface area contributed by atoms with Crippen LogP contribution < -0.4 is 22.1 Å². The average molecular weight is 320 g/mol. The fourth-order valence-electron chi connectivity index (χ4n) is 1.57. The Morgan fingerprint density at radius 2 is 1.50 bits per heavy atom. The number of aliphatic carboxylic acids is 1. The third-order valence-corrected chi connectivity index (χ3v) is 2.92. The lowest BCUT2D eigenvalue weighted by Crippen LogP contribution is -2.56. The lowest BCUT2D eigenvalue weighted by Gasteiger charge is -2.20. The van der Waals surface area contributed by atoms with Gasteiger partial charge in [0.2, 0.25) is 11.8 Å². The fraction of sp³-hybridized carbons (Fsp3) is 0.750. The molecule has 0 aliphatic rings. The number of hydrogen-bond acceptors (Lipinski definition) is 7. The SMILES string of the molecule is NCCCCC(N)C(=O)NC(CO)C(=O)NC(CO)C(=O)O.